The van der Waals surface area contributed by atoms with Gasteiger partial charge in [-0.25, -0.2) is 9.78 Å². The van der Waals surface area contributed by atoms with Gasteiger partial charge in [-0.1, -0.05) is 31.2 Å². The first-order valence-electron chi connectivity index (χ1n) is 11.0. The number of methoxy groups -OCH3 is 1. The summed E-state index contributed by atoms with van der Waals surface area (Å²) in [5, 5.41) is 12.6. The Morgan fingerprint density at radius 3 is 2.53 bits per heavy atom. The Kier molecular flexibility index (Phi) is 10.3. The highest BCUT2D eigenvalue weighted by molar-refractivity contribution is 5.97. The second-order valence-corrected chi connectivity index (χ2v) is 7.51. The van der Waals surface area contributed by atoms with E-state index < -0.39 is 42.0 Å². The molecule has 184 valence electrons. The van der Waals surface area contributed by atoms with Crippen LogP contribution < -0.4 is 14.8 Å². The predicted octanol–water partition coefficient (Wildman–Crippen LogP) is 3.27. The summed E-state index contributed by atoms with van der Waals surface area (Å²) in [6, 6.07) is 9.49. The lowest BCUT2D eigenvalue weighted by atomic mass is 10.1. The van der Waals surface area contributed by atoms with Crippen LogP contribution in [0, 0.1) is 0 Å². The first kappa shape index (κ1) is 26.7. The van der Waals surface area contributed by atoms with Gasteiger partial charge in [0, 0.05) is 18.9 Å². The number of carbonyl (C=O) groups is 2. The molecule has 2 N–H and O–H groups in total. The number of amides is 1. The molecular formula is C25H32N2O7. The van der Waals surface area contributed by atoms with Crippen LogP contribution in [0.25, 0.3) is 0 Å². The van der Waals surface area contributed by atoms with Crippen molar-refractivity contribution in [2.24, 2.45) is 0 Å². The Labute approximate surface area is 199 Å². The molecule has 34 heavy (non-hydrogen) atoms. The largest absolute Gasteiger partial charge is 0.503 e. The van der Waals surface area contributed by atoms with Crippen LogP contribution in [0.1, 0.15) is 37.7 Å². The van der Waals surface area contributed by atoms with E-state index in [-0.39, 0.29) is 11.4 Å². The van der Waals surface area contributed by atoms with E-state index in [1.807, 2.05) is 25.1 Å². The number of ether oxygens (including phenoxy) is 4. The van der Waals surface area contributed by atoms with Gasteiger partial charge in [0.15, 0.2) is 23.3 Å². The van der Waals surface area contributed by atoms with Crippen LogP contribution in [0.3, 0.4) is 0 Å². The predicted molar refractivity (Wildman–Crippen MR) is 126 cm³/mol. The molecule has 1 amide bonds. The third kappa shape index (κ3) is 7.21. The summed E-state index contributed by atoms with van der Waals surface area (Å²) in [4.78, 5) is 29.1. The molecule has 0 unspecified atom stereocenters. The van der Waals surface area contributed by atoms with Crippen molar-refractivity contribution < 1.29 is 33.6 Å². The van der Waals surface area contributed by atoms with Gasteiger partial charge in [0.25, 0.3) is 5.91 Å². The van der Waals surface area contributed by atoms with Gasteiger partial charge in [-0.2, -0.15) is 0 Å². The lowest BCUT2D eigenvalue weighted by molar-refractivity contribution is -0.158. The third-order valence-electron chi connectivity index (χ3n) is 4.87. The zero-order chi connectivity index (χ0) is 25.1. The van der Waals surface area contributed by atoms with Crippen LogP contribution in [-0.2, 0) is 14.3 Å². The minimum Gasteiger partial charge on any atom is -0.503 e. The molecule has 0 aliphatic carbocycles. The highest BCUT2D eigenvalue weighted by Gasteiger charge is 2.32. The number of hydrogen-bond donors (Lipinski definition) is 2. The summed E-state index contributed by atoms with van der Waals surface area (Å²) in [6.07, 6.45) is 1.76. The smallest absolute Gasteiger partial charge is 0.328 e. The molecular weight excluding hydrogens is 440 g/mol. The average Bonchev–Trinajstić information content (AvgIpc) is 2.84. The fraction of sp³-hybridized carbons (Fsp3) is 0.400. The number of hydrogen-bond acceptors (Lipinski definition) is 8. The number of pyridine rings is 1. The molecule has 2 rings (SSSR count). The summed E-state index contributed by atoms with van der Waals surface area (Å²) < 4.78 is 22.5. The fourth-order valence-corrected chi connectivity index (χ4v) is 3.08. The number of benzene rings is 1. The minimum atomic E-state index is -1.03. The van der Waals surface area contributed by atoms with Gasteiger partial charge in [0.1, 0.15) is 24.0 Å². The van der Waals surface area contributed by atoms with Gasteiger partial charge in [0.05, 0.1) is 7.11 Å². The summed E-state index contributed by atoms with van der Waals surface area (Å²) in [6.45, 7) is 9.44. The zero-order valence-corrected chi connectivity index (χ0v) is 19.9. The molecule has 1 aromatic heterocycles. The Morgan fingerprint density at radius 1 is 1.21 bits per heavy atom. The Bertz CT molecular complexity index is 952. The van der Waals surface area contributed by atoms with E-state index in [1.165, 1.54) is 26.3 Å². The lowest BCUT2D eigenvalue weighted by Crippen LogP contribution is -2.47. The fourth-order valence-electron chi connectivity index (χ4n) is 3.08. The quantitative estimate of drug-likeness (QED) is 0.337. The zero-order valence-electron chi connectivity index (χ0n) is 19.9. The number of carbonyl (C=O) groups excluding carboxylic acids is 2. The van der Waals surface area contributed by atoms with Gasteiger partial charge < -0.3 is 29.4 Å². The normalized spacial score (nSPS) is 14.2. The SMILES string of the molecule is C=C[C@H](OCCC)[C@@H](Oc1ccccc1)[C@H](C)OC(=O)[C@H](C)NC(=O)c1nccc(OC)c1O. The molecule has 0 bridgehead atoms. The monoisotopic (exact) mass is 472 g/mol. The van der Waals surface area contributed by atoms with E-state index in [9.17, 15) is 14.7 Å². The van der Waals surface area contributed by atoms with E-state index in [0.717, 1.165) is 6.42 Å². The number of aromatic nitrogens is 1. The van der Waals surface area contributed by atoms with Gasteiger partial charge in [-0.3, -0.25) is 4.79 Å². The molecule has 4 atom stereocenters. The summed E-state index contributed by atoms with van der Waals surface area (Å²) in [5.41, 5.74) is -0.267. The van der Waals surface area contributed by atoms with Gasteiger partial charge in [0.2, 0.25) is 0 Å². The number of aromatic hydroxyl groups is 1. The number of rotatable bonds is 13. The van der Waals surface area contributed by atoms with Gasteiger partial charge >= 0.3 is 5.97 Å². The second kappa shape index (κ2) is 13.2. The summed E-state index contributed by atoms with van der Waals surface area (Å²) in [7, 11) is 1.35. The van der Waals surface area contributed by atoms with E-state index in [1.54, 1.807) is 25.1 Å². The Morgan fingerprint density at radius 2 is 1.91 bits per heavy atom. The molecule has 1 heterocycles. The molecule has 0 saturated heterocycles. The highest BCUT2D eigenvalue weighted by atomic mass is 16.6. The van der Waals surface area contributed by atoms with Crippen molar-refractivity contribution in [1.29, 1.82) is 0 Å². The van der Waals surface area contributed by atoms with Crippen LogP contribution in [-0.4, -0.2) is 60.0 Å². The number of esters is 1. The first-order chi connectivity index (χ1) is 16.3. The summed E-state index contributed by atoms with van der Waals surface area (Å²) >= 11 is 0. The molecule has 0 aliphatic rings. The van der Waals surface area contributed by atoms with Gasteiger partial charge in [-0.05, 0) is 32.4 Å². The maximum Gasteiger partial charge on any atom is 0.328 e. The van der Waals surface area contributed by atoms with Crippen LogP contribution in [0.4, 0.5) is 0 Å². The molecule has 0 spiro atoms. The highest BCUT2D eigenvalue weighted by Crippen LogP contribution is 2.27. The van der Waals surface area contributed by atoms with Crippen molar-refractivity contribution >= 4 is 11.9 Å². The molecule has 9 nitrogen and oxygen atoms in total. The molecule has 0 aliphatic heterocycles. The molecule has 9 heteroatoms. The maximum absolute atomic E-state index is 12.7. The topological polar surface area (TPSA) is 116 Å². The van der Waals surface area contributed by atoms with Crippen molar-refractivity contribution in [3.05, 3.63) is 60.9 Å². The van der Waals surface area contributed by atoms with Crippen LogP contribution in [0.15, 0.2) is 55.3 Å². The van der Waals surface area contributed by atoms with Crippen LogP contribution >= 0.6 is 0 Å². The summed E-state index contributed by atoms with van der Waals surface area (Å²) in [5.74, 6) is -1.19. The van der Waals surface area contributed by atoms with E-state index >= 15 is 0 Å². The van der Waals surface area contributed by atoms with Crippen molar-refractivity contribution in [1.82, 2.24) is 10.3 Å². The van der Waals surface area contributed by atoms with E-state index in [0.29, 0.717) is 12.4 Å². The van der Waals surface area contributed by atoms with Crippen molar-refractivity contribution in [3.8, 4) is 17.2 Å². The number of nitrogens with one attached hydrogen (secondary N) is 1. The van der Waals surface area contributed by atoms with Crippen LogP contribution in [0.2, 0.25) is 0 Å². The van der Waals surface area contributed by atoms with Crippen molar-refractivity contribution in [3.63, 3.8) is 0 Å². The van der Waals surface area contributed by atoms with Crippen molar-refractivity contribution in [2.75, 3.05) is 13.7 Å². The minimum absolute atomic E-state index is 0.0902. The lowest BCUT2D eigenvalue weighted by Gasteiger charge is -2.31. The molecule has 2 aromatic rings. The molecule has 0 radical (unpaired) electrons. The maximum atomic E-state index is 12.7. The van der Waals surface area contributed by atoms with E-state index in [2.05, 4.69) is 16.9 Å². The standard InChI is InChI=1S/C25H32N2O7/c1-6-15-32-19(7-2)23(34-18-11-9-8-10-12-18)17(4)33-25(30)16(3)27-24(29)21-22(28)20(31-5)13-14-26-21/h7-14,16-17,19,23,28H,2,6,15H2,1,3-5H3,(H,27,29)/t16-,17-,19-,23-/m0/s1. The first-order valence-corrected chi connectivity index (χ1v) is 11.0. The average molecular weight is 473 g/mol. The second-order valence-electron chi connectivity index (χ2n) is 7.51. The van der Waals surface area contributed by atoms with E-state index in [4.69, 9.17) is 18.9 Å². The molecule has 0 fully saturated rings. The van der Waals surface area contributed by atoms with Crippen LogP contribution in [0.5, 0.6) is 17.2 Å². The number of nitrogens with zero attached hydrogens (tertiary/aromatic N) is 1. The molecule has 1 aromatic carbocycles. The third-order valence-corrected chi connectivity index (χ3v) is 4.87. The number of para-hydroxylation sites is 1. The van der Waals surface area contributed by atoms with Gasteiger partial charge in [-0.15, -0.1) is 6.58 Å². The van der Waals surface area contributed by atoms with Crippen molar-refractivity contribution in [2.45, 2.75) is 51.5 Å². The Balaban J connectivity index is 2.10. The Hall–Kier alpha value is -3.59. The molecule has 0 saturated carbocycles.